The largest absolute Gasteiger partial charge is 0.387 e. The van der Waals surface area contributed by atoms with Crippen LogP contribution in [0.1, 0.15) is 37.7 Å². The molecule has 1 N–H and O–H groups in total. The molecular weight excluding hydrogens is 326 g/mol. The molecule has 2 aliphatic rings. The van der Waals surface area contributed by atoms with Crippen LogP contribution in [0.5, 0.6) is 0 Å². The summed E-state index contributed by atoms with van der Waals surface area (Å²) in [6.07, 6.45) is 4.24. The highest BCUT2D eigenvalue weighted by molar-refractivity contribution is 5.76. The fraction of sp³-hybridized carbons (Fsp3) is 0.632. The van der Waals surface area contributed by atoms with Crippen LogP contribution in [0.3, 0.4) is 0 Å². The van der Waals surface area contributed by atoms with Gasteiger partial charge in [-0.2, -0.15) is 0 Å². The van der Waals surface area contributed by atoms with Crippen LogP contribution in [0, 0.1) is 11.6 Å². The van der Waals surface area contributed by atoms with E-state index in [4.69, 9.17) is 0 Å². The SMILES string of the molecule is O=C(CCc1ccc(F)cc1F)N1CCCC(O)(CN2CCCC2)C1. The monoisotopic (exact) mass is 352 g/mol. The van der Waals surface area contributed by atoms with Crippen molar-refractivity contribution in [2.45, 2.75) is 44.1 Å². The van der Waals surface area contributed by atoms with E-state index < -0.39 is 17.2 Å². The van der Waals surface area contributed by atoms with E-state index in [1.54, 1.807) is 4.90 Å². The lowest BCUT2D eigenvalue weighted by Crippen LogP contribution is -2.55. The molecule has 4 nitrogen and oxygen atoms in total. The van der Waals surface area contributed by atoms with Crippen LogP contribution in [0.25, 0.3) is 0 Å². The van der Waals surface area contributed by atoms with Crippen molar-refractivity contribution in [1.29, 1.82) is 0 Å². The Bertz CT molecular complexity index is 619. The molecule has 1 unspecified atom stereocenters. The third kappa shape index (κ3) is 4.76. The molecule has 3 rings (SSSR count). The van der Waals surface area contributed by atoms with Gasteiger partial charge < -0.3 is 14.9 Å². The molecule has 2 saturated heterocycles. The van der Waals surface area contributed by atoms with Crippen LogP contribution in [-0.4, -0.2) is 59.1 Å². The Labute approximate surface area is 147 Å². The molecule has 138 valence electrons. The number of benzene rings is 1. The van der Waals surface area contributed by atoms with Crippen LogP contribution >= 0.6 is 0 Å². The number of aliphatic hydroxyl groups is 1. The summed E-state index contributed by atoms with van der Waals surface area (Å²) >= 11 is 0. The normalized spacial score (nSPS) is 24.7. The lowest BCUT2D eigenvalue weighted by molar-refractivity contribution is -0.139. The van der Waals surface area contributed by atoms with Gasteiger partial charge in [0.1, 0.15) is 11.6 Å². The summed E-state index contributed by atoms with van der Waals surface area (Å²) in [5.74, 6) is -1.31. The molecule has 0 aromatic heterocycles. The van der Waals surface area contributed by atoms with E-state index >= 15 is 0 Å². The van der Waals surface area contributed by atoms with E-state index in [9.17, 15) is 18.7 Å². The van der Waals surface area contributed by atoms with Gasteiger partial charge in [-0.3, -0.25) is 4.79 Å². The lowest BCUT2D eigenvalue weighted by atomic mass is 9.92. The number of likely N-dealkylation sites (tertiary alicyclic amines) is 2. The number of carbonyl (C=O) groups excluding carboxylic acids is 1. The molecule has 2 heterocycles. The van der Waals surface area contributed by atoms with Crippen LogP contribution in [0.2, 0.25) is 0 Å². The number of hydrogen-bond donors (Lipinski definition) is 1. The van der Waals surface area contributed by atoms with Gasteiger partial charge in [0, 0.05) is 25.6 Å². The van der Waals surface area contributed by atoms with Gasteiger partial charge >= 0.3 is 0 Å². The van der Waals surface area contributed by atoms with Gasteiger partial charge in [-0.15, -0.1) is 0 Å². The molecule has 6 heteroatoms. The fourth-order valence-corrected chi connectivity index (χ4v) is 3.94. The number of amides is 1. The first kappa shape index (κ1) is 18.3. The van der Waals surface area contributed by atoms with E-state index in [1.807, 2.05) is 0 Å². The Kier molecular flexibility index (Phi) is 5.69. The van der Waals surface area contributed by atoms with Gasteiger partial charge in [-0.25, -0.2) is 8.78 Å². The van der Waals surface area contributed by atoms with Crippen LogP contribution in [-0.2, 0) is 11.2 Å². The molecule has 2 aliphatic heterocycles. The molecule has 1 amide bonds. The molecule has 0 aliphatic carbocycles. The number of aryl methyl sites for hydroxylation is 1. The number of halogens is 2. The summed E-state index contributed by atoms with van der Waals surface area (Å²) in [5.41, 5.74) is -0.501. The predicted octanol–water partition coefficient (Wildman–Crippen LogP) is 2.35. The highest BCUT2D eigenvalue weighted by atomic mass is 19.1. The summed E-state index contributed by atoms with van der Waals surface area (Å²) in [7, 11) is 0. The maximum Gasteiger partial charge on any atom is 0.223 e. The minimum Gasteiger partial charge on any atom is -0.387 e. The summed E-state index contributed by atoms with van der Waals surface area (Å²) in [4.78, 5) is 16.4. The number of piperidine rings is 1. The van der Waals surface area contributed by atoms with Crippen LogP contribution < -0.4 is 0 Å². The van der Waals surface area contributed by atoms with E-state index in [0.717, 1.165) is 25.6 Å². The Morgan fingerprint density at radius 1 is 1.16 bits per heavy atom. The van der Waals surface area contributed by atoms with Gasteiger partial charge in [0.2, 0.25) is 5.91 Å². The van der Waals surface area contributed by atoms with Crippen molar-refractivity contribution in [1.82, 2.24) is 9.80 Å². The number of rotatable bonds is 5. The quantitative estimate of drug-likeness (QED) is 0.885. The highest BCUT2D eigenvalue weighted by Gasteiger charge is 2.37. The minimum absolute atomic E-state index is 0.0803. The second kappa shape index (κ2) is 7.79. The summed E-state index contributed by atoms with van der Waals surface area (Å²) in [5, 5.41) is 10.9. The van der Waals surface area contributed by atoms with E-state index in [1.165, 1.54) is 25.0 Å². The average Bonchev–Trinajstić information content (AvgIpc) is 3.06. The topological polar surface area (TPSA) is 43.8 Å². The highest BCUT2D eigenvalue weighted by Crippen LogP contribution is 2.25. The Morgan fingerprint density at radius 3 is 2.64 bits per heavy atom. The van der Waals surface area contributed by atoms with Crippen LogP contribution in [0.15, 0.2) is 18.2 Å². The average molecular weight is 352 g/mol. The number of nitrogens with zero attached hydrogens (tertiary/aromatic N) is 2. The number of β-amino-alcohol motifs (C(OH)–C–C–N with tert-alkyl or cyclic N) is 1. The Morgan fingerprint density at radius 2 is 1.92 bits per heavy atom. The van der Waals surface area contributed by atoms with Gasteiger partial charge in [0.15, 0.2) is 0 Å². The standard InChI is InChI=1S/C19H26F2N2O2/c20-16-6-4-15(17(21)12-16)5-7-18(24)23-11-3-8-19(25,14-23)13-22-9-1-2-10-22/h4,6,12,25H,1-3,5,7-11,13-14H2. The van der Waals surface area contributed by atoms with Gasteiger partial charge in [-0.1, -0.05) is 6.07 Å². The van der Waals surface area contributed by atoms with Crippen LogP contribution in [0.4, 0.5) is 8.78 Å². The Hall–Kier alpha value is -1.53. The van der Waals surface area contributed by atoms with Crippen molar-refractivity contribution in [3.8, 4) is 0 Å². The summed E-state index contributed by atoms with van der Waals surface area (Å²) in [6, 6.07) is 3.44. The maximum atomic E-state index is 13.7. The van der Waals surface area contributed by atoms with Crippen molar-refractivity contribution in [3.63, 3.8) is 0 Å². The van der Waals surface area contributed by atoms with E-state index in [2.05, 4.69) is 4.90 Å². The minimum atomic E-state index is -0.848. The maximum absolute atomic E-state index is 13.7. The lowest BCUT2D eigenvalue weighted by Gasteiger charge is -2.41. The summed E-state index contributed by atoms with van der Waals surface area (Å²) in [6.45, 7) is 3.62. The number of carbonyl (C=O) groups is 1. The Balaban J connectivity index is 1.54. The molecule has 1 aromatic carbocycles. The molecule has 0 bridgehead atoms. The van der Waals surface area contributed by atoms with Crippen molar-refractivity contribution in [2.24, 2.45) is 0 Å². The zero-order chi connectivity index (χ0) is 17.9. The number of hydrogen-bond acceptors (Lipinski definition) is 3. The van der Waals surface area contributed by atoms with Gasteiger partial charge in [-0.05, 0) is 56.8 Å². The first-order valence-corrected chi connectivity index (χ1v) is 9.12. The van der Waals surface area contributed by atoms with Crippen molar-refractivity contribution < 1.29 is 18.7 Å². The second-order valence-corrected chi connectivity index (χ2v) is 7.36. The molecular formula is C19H26F2N2O2. The third-order valence-corrected chi connectivity index (χ3v) is 5.25. The summed E-state index contributed by atoms with van der Waals surface area (Å²) < 4.78 is 26.6. The van der Waals surface area contributed by atoms with Crippen molar-refractivity contribution in [3.05, 3.63) is 35.4 Å². The predicted molar refractivity (Wildman–Crippen MR) is 91.1 cm³/mol. The van der Waals surface area contributed by atoms with E-state index in [-0.39, 0.29) is 18.7 Å². The van der Waals surface area contributed by atoms with E-state index in [0.29, 0.717) is 31.6 Å². The second-order valence-electron chi connectivity index (χ2n) is 7.36. The molecule has 0 saturated carbocycles. The molecule has 1 aromatic rings. The first-order chi connectivity index (χ1) is 12.0. The zero-order valence-electron chi connectivity index (χ0n) is 14.5. The zero-order valence-corrected chi connectivity index (χ0v) is 14.5. The van der Waals surface area contributed by atoms with Crippen molar-refractivity contribution in [2.75, 3.05) is 32.7 Å². The van der Waals surface area contributed by atoms with Gasteiger partial charge in [0.05, 0.1) is 12.1 Å². The molecule has 0 radical (unpaired) electrons. The van der Waals surface area contributed by atoms with Crippen molar-refractivity contribution >= 4 is 5.91 Å². The smallest absolute Gasteiger partial charge is 0.223 e. The third-order valence-electron chi connectivity index (χ3n) is 5.25. The molecule has 0 spiro atoms. The molecule has 2 fully saturated rings. The van der Waals surface area contributed by atoms with Gasteiger partial charge in [0.25, 0.3) is 0 Å². The first-order valence-electron chi connectivity index (χ1n) is 9.12. The fourth-order valence-electron chi connectivity index (χ4n) is 3.94. The molecule has 1 atom stereocenters. The molecule has 25 heavy (non-hydrogen) atoms.